The Morgan fingerprint density at radius 1 is 1.22 bits per heavy atom. The first-order valence-corrected chi connectivity index (χ1v) is 6.72. The van der Waals surface area contributed by atoms with Crippen LogP contribution >= 0.6 is 0 Å². The Morgan fingerprint density at radius 3 is 2.50 bits per heavy atom. The molecule has 0 aliphatic carbocycles. The molecule has 0 radical (unpaired) electrons. The summed E-state index contributed by atoms with van der Waals surface area (Å²) in [5.41, 5.74) is 1.29. The predicted octanol–water partition coefficient (Wildman–Crippen LogP) is 2.51. The molecule has 2 atom stereocenters. The molecule has 1 aromatic carbocycles. The van der Waals surface area contributed by atoms with Crippen molar-refractivity contribution in [1.82, 2.24) is 5.32 Å². The van der Waals surface area contributed by atoms with Crippen molar-refractivity contribution in [2.75, 3.05) is 20.3 Å². The molecule has 0 heterocycles. The molecule has 0 aromatic heterocycles. The molecule has 18 heavy (non-hydrogen) atoms. The summed E-state index contributed by atoms with van der Waals surface area (Å²) in [6.07, 6.45) is 3.03. The van der Waals surface area contributed by atoms with Gasteiger partial charge in [-0.3, -0.25) is 0 Å². The standard InChI is InChI=1S/C15H25NO2/c1-3-7-15(13-8-5-4-6-9-13)16-14(12-17)10-11-18-2/h4-6,8-9,14-17H,3,7,10-12H2,1-2H3. The van der Waals surface area contributed by atoms with Crippen molar-refractivity contribution in [1.29, 1.82) is 0 Å². The lowest BCUT2D eigenvalue weighted by molar-refractivity contribution is 0.154. The van der Waals surface area contributed by atoms with Crippen molar-refractivity contribution >= 4 is 0 Å². The third kappa shape index (κ3) is 5.17. The fraction of sp³-hybridized carbons (Fsp3) is 0.600. The molecule has 0 saturated carbocycles. The first-order valence-electron chi connectivity index (χ1n) is 6.72. The van der Waals surface area contributed by atoms with Crippen molar-refractivity contribution in [3.63, 3.8) is 0 Å². The molecule has 102 valence electrons. The topological polar surface area (TPSA) is 41.5 Å². The van der Waals surface area contributed by atoms with Gasteiger partial charge in [0.25, 0.3) is 0 Å². The van der Waals surface area contributed by atoms with Crippen LogP contribution in [0.1, 0.15) is 37.8 Å². The van der Waals surface area contributed by atoms with Crippen molar-refractivity contribution < 1.29 is 9.84 Å². The maximum Gasteiger partial charge on any atom is 0.0585 e. The SMILES string of the molecule is CCCC(NC(CO)CCOC)c1ccccc1. The molecule has 2 unspecified atom stereocenters. The Kier molecular flexibility index (Phi) is 7.65. The summed E-state index contributed by atoms with van der Waals surface area (Å²) in [6, 6.07) is 10.8. The van der Waals surface area contributed by atoms with Crippen LogP contribution in [0.25, 0.3) is 0 Å². The monoisotopic (exact) mass is 251 g/mol. The Hall–Kier alpha value is -0.900. The van der Waals surface area contributed by atoms with Crippen LogP contribution in [0, 0.1) is 0 Å². The molecule has 0 fully saturated rings. The van der Waals surface area contributed by atoms with E-state index >= 15 is 0 Å². The zero-order valence-corrected chi connectivity index (χ0v) is 11.4. The number of ether oxygens (including phenoxy) is 1. The van der Waals surface area contributed by atoms with Crippen LogP contribution in [0.5, 0.6) is 0 Å². The lowest BCUT2D eigenvalue weighted by atomic mass is 10.0. The van der Waals surface area contributed by atoms with E-state index < -0.39 is 0 Å². The molecular formula is C15H25NO2. The lowest BCUT2D eigenvalue weighted by Crippen LogP contribution is -2.36. The molecule has 0 amide bonds. The van der Waals surface area contributed by atoms with Crippen LogP contribution in [0.2, 0.25) is 0 Å². The van der Waals surface area contributed by atoms with Gasteiger partial charge < -0.3 is 15.2 Å². The van der Waals surface area contributed by atoms with E-state index in [4.69, 9.17) is 4.74 Å². The van der Waals surface area contributed by atoms with Gasteiger partial charge in [0, 0.05) is 25.8 Å². The van der Waals surface area contributed by atoms with Gasteiger partial charge in [-0.05, 0) is 18.4 Å². The highest BCUT2D eigenvalue weighted by Gasteiger charge is 2.15. The molecule has 2 N–H and O–H groups in total. The number of nitrogens with one attached hydrogen (secondary N) is 1. The maximum absolute atomic E-state index is 9.40. The number of hydrogen-bond donors (Lipinski definition) is 2. The second kappa shape index (κ2) is 9.09. The number of methoxy groups -OCH3 is 1. The van der Waals surface area contributed by atoms with Crippen molar-refractivity contribution in [3.8, 4) is 0 Å². The average Bonchev–Trinajstić information content (AvgIpc) is 2.43. The van der Waals surface area contributed by atoms with Crippen LogP contribution in [-0.4, -0.2) is 31.5 Å². The average molecular weight is 251 g/mol. The molecule has 1 rings (SSSR count). The smallest absolute Gasteiger partial charge is 0.0585 e. The number of aliphatic hydroxyl groups is 1. The molecule has 0 aliphatic rings. The van der Waals surface area contributed by atoms with Gasteiger partial charge in [-0.1, -0.05) is 43.7 Å². The van der Waals surface area contributed by atoms with E-state index in [1.54, 1.807) is 7.11 Å². The molecule has 1 aromatic rings. The molecule has 0 spiro atoms. The zero-order valence-electron chi connectivity index (χ0n) is 11.4. The van der Waals surface area contributed by atoms with E-state index in [1.807, 2.05) is 6.07 Å². The van der Waals surface area contributed by atoms with Crippen LogP contribution in [-0.2, 0) is 4.74 Å². The summed E-state index contributed by atoms with van der Waals surface area (Å²) in [6.45, 7) is 3.00. The zero-order chi connectivity index (χ0) is 13.2. The second-order valence-corrected chi connectivity index (χ2v) is 4.58. The number of rotatable bonds is 9. The molecule has 0 saturated heterocycles. The quantitative estimate of drug-likeness (QED) is 0.708. The molecule has 0 bridgehead atoms. The number of benzene rings is 1. The Bertz CT molecular complexity index is 303. The van der Waals surface area contributed by atoms with E-state index in [0.717, 1.165) is 19.3 Å². The van der Waals surface area contributed by atoms with E-state index in [2.05, 4.69) is 36.5 Å². The van der Waals surface area contributed by atoms with Crippen LogP contribution in [0.3, 0.4) is 0 Å². The normalized spacial score (nSPS) is 14.4. The highest BCUT2D eigenvalue weighted by Crippen LogP contribution is 2.19. The summed E-state index contributed by atoms with van der Waals surface area (Å²) in [5, 5.41) is 12.9. The van der Waals surface area contributed by atoms with Gasteiger partial charge in [0.15, 0.2) is 0 Å². The summed E-state index contributed by atoms with van der Waals surface area (Å²) >= 11 is 0. The van der Waals surface area contributed by atoms with Gasteiger partial charge in [-0.2, -0.15) is 0 Å². The molecule has 3 nitrogen and oxygen atoms in total. The summed E-state index contributed by atoms with van der Waals surface area (Å²) in [7, 11) is 1.69. The van der Waals surface area contributed by atoms with Crippen molar-refractivity contribution in [3.05, 3.63) is 35.9 Å². The van der Waals surface area contributed by atoms with Crippen molar-refractivity contribution in [2.24, 2.45) is 0 Å². The van der Waals surface area contributed by atoms with Crippen molar-refractivity contribution in [2.45, 2.75) is 38.3 Å². The second-order valence-electron chi connectivity index (χ2n) is 4.58. The Labute approximate surface area is 110 Å². The van der Waals surface area contributed by atoms with E-state index in [9.17, 15) is 5.11 Å². The molecule has 0 aliphatic heterocycles. The first kappa shape index (κ1) is 15.2. The summed E-state index contributed by atoms with van der Waals surface area (Å²) < 4.78 is 5.07. The van der Waals surface area contributed by atoms with Gasteiger partial charge in [-0.15, -0.1) is 0 Å². The fourth-order valence-corrected chi connectivity index (χ4v) is 2.09. The van der Waals surface area contributed by atoms with E-state index in [-0.39, 0.29) is 12.6 Å². The van der Waals surface area contributed by atoms with Gasteiger partial charge in [0.05, 0.1) is 6.61 Å². The minimum atomic E-state index is 0.0988. The summed E-state index contributed by atoms with van der Waals surface area (Å²) in [4.78, 5) is 0. The molecular weight excluding hydrogens is 226 g/mol. The van der Waals surface area contributed by atoms with Gasteiger partial charge >= 0.3 is 0 Å². The van der Waals surface area contributed by atoms with Crippen LogP contribution in [0.15, 0.2) is 30.3 Å². The Morgan fingerprint density at radius 2 is 1.94 bits per heavy atom. The van der Waals surface area contributed by atoms with Crippen LogP contribution < -0.4 is 5.32 Å². The highest BCUT2D eigenvalue weighted by atomic mass is 16.5. The third-order valence-electron chi connectivity index (χ3n) is 3.11. The van der Waals surface area contributed by atoms with E-state index in [1.165, 1.54) is 5.56 Å². The minimum absolute atomic E-state index is 0.0988. The fourth-order valence-electron chi connectivity index (χ4n) is 2.09. The maximum atomic E-state index is 9.40. The van der Waals surface area contributed by atoms with Gasteiger partial charge in [0.2, 0.25) is 0 Å². The van der Waals surface area contributed by atoms with E-state index in [0.29, 0.717) is 12.6 Å². The van der Waals surface area contributed by atoms with Gasteiger partial charge in [0.1, 0.15) is 0 Å². The number of hydrogen-bond acceptors (Lipinski definition) is 3. The Balaban J connectivity index is 2.61. The van der Waals surface area contributed by atoms with Gasteiger partial charge in [-0.25, -0.2) is 0 Å². The largest absolute Gasteiger partial charge is 0.395 e. The third-order valence-corrected chi connectivity index (χ3v) is 3.11. The number of aliphatic hydroxyl groups excluding tert-OH is 1. The molecule has 3 heteroatoms. The minimum Gasteiger partial charge on any atom is -0.395 e. The highest BCUT2D eigenvalue weighted by molar-refractivity contribution is 5.19. The van der Waals surface area contributed by atoms with Crippen LogP contribution in [0.4, 0.5) is 0 Å². The predicted molar refractivity (Wildman–Crippen MR) is 74.6 cm³/mol. The lowest BCUT2D eigenvalue weighted by Gasteiger charge is -2.24. The first-order chi connectivity index (χ1) is 8.81. The summed E-state index contributed by atoms with van der Waals surface area (Å²) in [5.74, 6) is 0.